The van der Waals surface area contributed by atoms with Crippen LogP contribution < -0.4 is 10.1 Å². The highest BCUT2D eigenvalue weighted by molar-refractivity contribution is 5.92. The van der Waals surface area contributed by atoms with Crippen LogP contribution >= 0.6 is 0 Å². The van der Waals surface area contributed by atoms with Crippen molar-refractivity contribution in [2.24, 2.45) is 0 Å². The molecule has 0 radical (unpaired) electrons. The Kier molecular flexibility index (Phi) is 6.89. The maximum Gasteiger partial charge on any atom is 0.338 e. The van der Waals surface area contributed by atoms with Crippen LogP contribution in [0.4, 0.5) is 5.95 Å². The van der Waals surface area contributed by atoms with E-state index in [2.05, 4.69) is 20.8 Å². The molecule has 0 aliphatic carbocycles. The number of anilines is 1. The zero-order chi connectivity index (χ0) is 24.9. The lowest BCUT2D eigenvalue weighted by Gasteiger charge is -2.27. The number of nitrogens with zero attached hydrogens (tertiary/aromatic N) is 5. The summed E-state index contributed by atoms with van der Waals surface area (Å²) in [6.07, 6.45) is 0. The summed E-state index contributed by atoms with van der Waals surface area (Å²) >= 11 is 0. The number of tetrazole rings is 1. The quantitative estimate of drug-likeness (QED) is 0.495. The average molecular weight is 491 g/mol. The van der Waals surface area contributed by atoms with E-state index in [1.54, 1.807) is 28.6 Å². The van der Waals surface area contributed by atoms with Crippen molar-refractivity contribution in [3.05, 3.63) is 77.0 Å². The van der Waals surface area contributed by atoms with E-state index in [1.165, 1.54) is 0 Å². The van der Waals surface area contributed by atoms with Crippen LogP contribution in [0.1, 0.15) is 24.1 Å². The van der Waals surface area contributed by atoms with Crippen molar-refractivity contribution in [1.29, 1.82) is 0 Å². The van der Waals surface area contributed by atoms with Gasteiger partial charge in [-0.15, -0.1) is 0 Å². The minimum Gasteiger partial charge on any atom is -0.484 e. The Morgan fingerprint density at radius 2 is 1.83 bits per heavy atom. The first-order chi connectivity index (χ1) is 17.6. The van der Waals surface area contributed by atoms with E-state index >= 15 is 0 Å². The van der Waals surface area contributed by atoms with E-state index in [-0.39, 0.29) is 19.1 Å². The van der Waals surface area contributed by atoms with Gasteiger partial charge in [-0.3, -0.25) is 4.79 Å². The zero-order valence-electron chi connectivity index (χ0n) is 19.8. The molecule has 11 heteroatoms. The summed E-state index contributed by atoms with van der Waals surface area (Å²) in [5.74, 6) is 0.418. The lowest BCUT2D eigenvalue weighted by atomic mass is 9.95. The highest BCUT2D eigenvalue weighted by atomic mass is 16.5. The molecule has 0 spiro atoms. The topological polar surface area (TPSA) is 121 Å². The lowest BCUT2D eigenvalue weighted by Crippen LogP contribution is -2.42. The summed E-state index contributed by atoms with van der Waals surface area (Å²) in [5.41, 5.74) is 2.67. The number of ether oxygens (including phenoxy) is 3. The van der Waals surface area contributed by atoms with Gasteiger partial charge in [0, 0.05) is 18.8 Å². The zero-order valence-corrected chi connectivity index (χ0v) is 19.8. The number of carbonyl (C=O) groups is 2. The number of fused-ring (bicyclic) bond motifs is 1. The summed E-state index contributed by atoms with van der Waals surface area (Å²) < 4.78 is 18.2. The summed E-state index contributed by atoms with van der Waals surface area (Å²) in [7, 11) is 0. The minimum atomic E-state index is -0.594. The van der Waals surface area contributed by atoms with E-state index in [9.17, 15) is 9.59 Å². The van der Waals surface area contributed by atoms with Gasteiger partial charge >= 0.3 is 5.97 Å². The molecule has 11 nitrogen and oxygen atoms in total. The minimum absolute atomic E-state index is 0.0556. The number of hydrogen-bond acceptors (Lipinski definition) is 9. The van der Waals surface area contributed by atoms with E-state index in [4.69, 9.17) is 14.2 Å². The van der Waals surface area contributed by atoms with E-state index in [0.29, 0.717) is 49.3 Å². The van der Waals surface area contributed by atoms with Crippen LogP contribution in [0.3, 0.4) is 0 Å². The first-order valence-electron chi connectivity index (χ1n) is 11.6. The van der Waals surface area contributed by atoms with Gasteiger partial charge in [0.25, 0.3) is 5.91 Å². The third kappa shape index (κ3) is 5.05. The maximum atomic E-state index is 13.2. The second kappa shape index (κ2) is 10.6. The van der Waals surface area contributed by atoms with Crippen molar-refractivity contribution >= 4 is 17.8 Å². The third-order valence-corrected chi connectivity index (χ3v) is 6.07. The number of nitrogens with one attached hydrogen (secondary N) is 1. The lowest BCUT2D eigenvalue weighted by molar-refractivity contribution is -0.141. The molecule has 1 amide bonds. The second-order valence-electron chi connectivity index (χ2n) is 8.43. The number of rotatable bonds is 7. The Bertz CT molecular complexity index is 1250. The molecule has 5 rings (SSSR count). The maximum absolute atomic E-state index is 13.2. The molecule has 2 aliphatic rings. The molecule has 2 aromatic carbocycles. The van der Waals surface area contributed by atoms with Crippen molar-refractivity contribution in [1.82, 2.24) is 25.1 Å². The van der Waals surface area contributed by atoms with Gasteiger partial charge in [0.2, 0.25) is 5.95 Å². The first kappa shape index (κ1) is 23.5. The Labute approximate surface area is 207 Å². The monoisotopic (exact) mass is 490 g/mol. The predicted octanol–water partition coefficient (Wildman–Crippen LogP) is 1.94. The van der Waals surface area contributed by atoms with Gasteiger partial charge in [-0.25, -0.2) is 4.79 Å². The van der Waals surface area contributed by atoms with Gasteiger partial charge in [-0.1, -0.05) is 47.6 Å². The van der Waals surface area contributed by atoms with Crippen molar-refractivity contribution in [2.45, 2.75) is 19.6 Å². The molecule has 2 aliphatic heterocycles. The molecular weight excluding hydrogens is 464 g/mol. The van der Waals surface area contributed by atoms with Crippen molar-refractivity contribution in [3.63, 3.8) is 0 Å². The summed E-state index contributed by atoms with van der Waals surface area (Å²) in [6, 6.07) is 16.1. The molecule has 1 fully saturated rings. The summed E-state index contributed by atoms with van der Waals surface area (Å²) in [5, 5.41) is 14.9. The number of allylic oxidation sites excluding steroid dienone is 1. The van der Waals surface area contributed by atoms with Crippen LogP contribution in [-0.2, 0) is 25.7 Å². The first-order valence-corrected chi connectivity index (χ1v) is 11.6. The Morgan fingerprint density at radius 3 is 2.58 bits per heavy atom. The molecule has 186 valence electrons. The van der Waals surface area contributed by atoms with Gasteiger partial charge < -0.3 is 24.4 Å². The summed E-state index contributed by atoms with van der Waals surface area (Å²) in [4.78, 5) is 27.3. The number of aromatic nitrogens is 4. The van der Waals surface area contributed by atoms with Gasteiger partial charge in [0.15, 0.2) is 6.61 Å². The molecule has 1 aromatic heterocycles. The fraction of sp³-hybridized carbons (Fsp3) is 0.320. The van der Waals surface area contributed by atoms with Crippen molar-refractivity contribution in [2.75, 3.05) is 38.2 Å². The molecule has 1 N–H and O–H groups in total. The molecule has 0 bridgehead atoms. The Hall–Kier alpha value is -4.25. The smallest absolute Gasteiger partial charge is 0.338 e. The van der Waals surface area contributed by atoms with Crippen LogP contribution in [0.15, 0.2) is 65.9 Å². The number of hydrogen-bond donors (Lipinski definition) is 1. The summed E-state index contributed by atoms with van der Waals surface area (Å²) in [6.45, 7) is 4.10. The van der Waals surface area contributed by atoms with Crippen molar-refractivity contribution < 1.29 is 23.8 Å². The number of morpholine rings is 1. The van der Waals surface area contributed by atoms with Crippen LogP contribution in [0.5, 0.6) is 5.75 Å². The van der Waals surface area contributed by atoms with Gasteiger partial charge in [0.1, 0.15) is 18.4 Å². The normalized spacial score (nSPS) is 17.2. The molecule has 36 heavy (non-hydrogen) atoms. The molecule has 3 heterocycles. The van der Waals surface area contributed by atoms with Gasteiger partial charge in [-0.2, -0.15) is 4.68 Å². The Morgan fingerprint density at radius 1 is 1.08 bits per heavy atom. The Balaban J connectivity index is 1.32. The van der Waals surface area contributed by atoms with E-state index < -0.39 is 12.0 Å². The molecule has 0 saturated carbocycles. The second-order valence-corrected chi connectivity index (χ2v) is 8.43. The van der Waals surface area contributed by atoms with Gasteiger partial charge in [0.05, 0.1) is 18.8 Å². The fourth-order valence-electron chi connectivity index (χ4n) is 4.18. The molecular formula is C25H26N6O5. The molecule has 3 aromatic rings. The predicted molar refractivity (Wildman–Crippen MR) is 128 cm³/mol. The van der Waals surface area contributed by atoms with Crippen LogP contribution in [0, 0.1) is 0 Å². The van der Waals surface area contributed by atoms with Crippen molar-refractivity contribution in [3.8, 4) is 5.75 Å². The molecule has 1 atom stereocenters. The number of carbonyl (C=O) groups excluding carboxylic acids is 2. The van der Waals surface area contributed by atoms with Crippen LogP contribution in [0.2, 0.25) is 0 Å². The SMILES string of the molecule is CC1=C(C(=O)OCc2ccccc2)C(c2ccc(OCC(=O)N3CCOCC3)cc2)n2nnnc2N1. The molecule has 1 unspecified atom stereocenters. The van der Waals surface area contributed by atoms with Crippen LogP contribution in [-0.4, -0.2) is 69.9 Å². The standard InChI is InChI=1S/C25H26N6O5/c1-17-22(24(33)36-15-18-5-3-2-4-6-18)23(31-25(26-17)27-28-29-31)19-7-9-20(10-8-19)35-16-21(32)30-11-13-34-14-12-30/h2-10,23H,11-16H2,1H3,(H,26,27,29). The average Bonchev–Trinajstić information content (AvgIpc) is 3.39. The van der Waals surface area contributed by atoms with Gasteiger partial charge in [-0.05, 0) is 40.6 Å². The number of benzene rings is 2. The van der Waals surface area contributed by atoms with E-state index in [0.717, 1.165) is 11.1 Å². The highest BCUT2D eigenvalue weighted by Gasteiger charge is 2.35. The largest absolute Gasteiger partial charge is 0.484 e. The van der Waals surface area contributed by atoms with E-state index in [1.807, 2.05) is 42.5 Å². The number of amides is 1. The highest BCUT2D eigenvalue weighted by Crippen LogP contribution is 2.35. The van der Waals surface area contributed by atoms with Crippen LogP contribution in [0.25, 0.3) is 0 Å². The fourth-order valence-corrected chi connectivity index (χ4v) is 4.18. The molecule has 1 saturated heterocycles. The third-order valence-electron chi connectivity index (χ3n) is 6.07. The number of esters is 1.